The number of carbonyl (C=O) groups is 3. The molecule has 0 N–H and O–H groups in total. The summed E-state index contributed by atoms with van der Waals surface area (Å²) in [7, 11) is 0. The van der Waals surface area contributed by atoms with Crippen LogP contribution in [0.25, 0.3) is 0 Å². The molecule has 0 saturated heterocycles. The monoisotopic (exact) mass is 312 g/mol. The molecule has 0 aliphatic heterocycles. The molecule has 0 bridgehead atoms. The molecule has 0 saturated carbocycles. The molecular formula is C20H24O3. The maximum Gasteiger partial charge on any atom is 0.230 e. The normalized spacial score (nSPS) is 17.6. The summed E-state index contributed by atoms with van der Waals surface area (Å²) in [5, 5.41) is 0. The first-order valence-corrected chi connectivity index (χ1v) is 8.15. The quantitative estimate of drug-likeness (QED) is 0.467. The third-order valence-corrected chi connectivity index (χ3v) is 4.53. The number of Topliss-reactive ketones (excluding diaryl/α,β-unsaturated/α-hetero) is 3. The summed E-state index contributed by atoms with van der Waals surface area (Å²) >= 11 is 0. The lowest BCUT2D eigenvalue weighted by atomic mass is 9.73. The van der Waals surface area contributed by atoms with Gasteiger partial charge in [-0.15, -0.1) is 6.58 Å². The standard InChI is InChI=1S/C20H24O3/c1-11(2)7-6-8-14-13(5)9-10-15-17(14)20(23)19(22)16(12(3)4)18(15)21/h9-10,12,16H,1,6-8H2,2-5H3. The van der Waals surface area contributed by atoms with Gasteiger partial charge in [-0.25, -0.2) is 0 Å². The van der Waals surface area contributed by atoms with Gasteiger partial charge in [-0.05, 0) is 50.2 Å². The van der Waals surface area contributed by atoms with Crippen LogP contribution >= 0.6 is 0 Å². The molecule has 0 heterocycles. The van der Waals surface area contributed by atoms with Crippen LogP contribution in [0.1, 0.15) is 65.5 Å². The molecule has 0 aromatic heterocycles. The SMILES string of the molecule is C=C(C)CCCc1c(C)ccc2c1C(=O)C(=O)C(C(C)C)C2=O. The van der Waals surface area contributed by atoms with Crippen LogP contribution in [0.15, 0.2) is 24.3 Å². The zero-order chi connectivity index (χ0) is 17.3. The number of carbonyl (C=O) groups excluding carboxylic acids is 3. The summed E-state index contributed by atoms with van der Waals surface area (Å²) in [5.41, 5.74) is 3.66. The van der Waals surface area contributed by atoms with Crippen molar-refractivity contribution < 1.29 is 14.4 Å². The maximum atomic E-state index is 12.7. The summed E-state index contributed by atoms with van der Waals surface area (Å²) in [4.78, 5) is 37.7. The average molecular weight is 312 g/mol. The van der Waals surface area contributed by atoms with E-state index < -0.39 is 17.5 Å². The van der Waals surface area contributed by atoms with Gasteiger partial charge >= 0.3 is 0 Å². The number of hydrogen-bond acceptors (Lipinski definition) is 3. The van der Waals surface area contributed by atoms with Gasteiger partial charge in [0.1, 0.15) is 0 Å². The minimum atomic E-state index is -0.832. The van der Waals surface area contributed by atoms with E-state index in [2.05, 4.69) is 6.58 Å². The number of fused-ring (bicyclic) bond motifs is 1. The third kappa shape index (κ3) is 3.19. The lowest BCUT2D eigenvalue weighted by Crippen LogP contribution is -2.40. The first-order chi connectivity index (χ1) is 10.8. The fourth-order valence-corrected chi connectivity index (χ4v) is 3.26. The van der Waals surface area contributed by atoms with Crippen LogP contribution in [-0.2, 0) is 11.2 Å². The molecule has 0 amide bonds. The van der Waals surface area contributed by atoms with E-state index in [0.717, 1.165) is 29.5 Å². The molecule has 3 nitrogen and oxygen atoms in total. The molecule has 1 aliphatic carbocycles. The number of allylic oxidation sites excluding steroid dienone is 1. The molecule has 1 unspecified atom stereocenters. The van der Waals surface area contributed by atoms with E-state index in [-0.39, 0.29) is 11.7 Å². The van der Waals surface area contributed by atoms with Gasteiger partial charge in [-0.3, -0.25) is 14.4 Å². The van der Waals surface area contributed by atoms with Crippen LogP contribution in [0.2, 0.25) is 0 Å². The van der Waals surface area contributed by atoms with Crippen molar-refractivity contribution in [2.45, 2.75) is 47.0 Å². The highest BCUT2D eigenvalue weighted by atomic mass is 16.2. The summed E-state index contributed by atoms with van der Waals surface area (Å²) in [6, 6.07) is 3.59. The van der Waals surface area contributed by atoms with Gasteiger partial charge in [-0.2, -0.15) is 0 Å². The zero-order valence-corrected chi connectivity index (χ0v) is 14.4. The first kappa shape index (κ1) is 17.3. The number of hydrogen-bond donors (Lipinski definition) is 0. The molecule has 2 rings (SSSR count). The van der Waals surface area contributed by atoms with Crippen molar-refractivity contribution in [3.63, 3.8) is 0 Å². The van der Waals surface area contributed by atoms with Crippen LogP contribution in [0, 0.1) is 18.8 Å². The second-order valence-corrected chi connectivity index (χ2v) is 6.87. The summed E-state index contributed by atoms with van der Waals surface area (Å²) in [6.07, 6.45) is 2.41. The van der Waals surface area contributed by atoms with E-state index in [1.54, 1.807) is 19.9 Å². The first-order valence-electron chi connectivity index (χ1n) is 8.15. The van der Waals surface area contributed by atoms with Crippen molar-refractivity contribution in [1.82, 2.24) is 0 Å². The topological polar surface area (TPSA) is 51.2 Å². The Balaban J connectivity index is 2.50. The van der Waals surface area contributed by atoms with Crippen LogP contribution in [0.3, 0.4) is 0 Å². The summed E-state index contributed by atoms with van der Waals surface area (Å²) in [6.45, 7) is 11.4. The fraction of sp³-hybridized carbons (Fsp3) is 0.450. The Morgan fingerprint density at radius 2 is 1.83 bits per heavy atom. The fourth-order valence-electron chi connectivity index (χ4n) is 3.26. The van der Waals surface area contributed by atoms with Crippen molar-refractivity contribution in [3.8, 4) is 0 Å². The van der Waals surface area contributed by atoms with Crippen LogP contribution in [-0.4, -0.2) is 17.3 Å². The largest absolute Gasteiger partial charge is 0.293 e. The Morgan fingerprint density at radius 1 is 1.17 bits per heavy atom. The zero-order valence-electron chi connectivity index (χ0n) is 14.4. The van der Waals surface area contributed by atoms with E-state index in [9.17, 15) is 14.4 Å². The van der Waals surface area contributed by atoms with Gasteiger partial charge in [0, 0.05) is 11.1 Å². The second-order valence-electron chi connectivity index (χ2n) is 6.87. The lowest BCUT2D eigenvalue weighted by molar-refractivity contribution is -0.118. The van der Waals surface area contributed by atoms with Gasteiger partial charge in [0.25, 0.3) is 0 Å². The van der Waals surface area contributed by atoms with E-state index in [1.165, 1.54) is 0 Å². The molecule has 0 fully saturated rings. The van der Waals surface area contributed by atoms with Gasteiger partial charge in [-0.1, -0.05) is 31.6 Å². The second kappa shape index (κ2) is 6.61. The Morgan fingerprint density at radius 3 is 2.39 bits per heavy atom. The van der Waals surface area contributed by atoms with Crippen molar-refractivity contribution in [1.29, 1.82) is 0 Å². The predicted octanol–water partition coefficient (Wildman–Crippen LogP) is 4.11. The Hall–Kier alpha value is -2.03. The highest BCUT2D eigenvalue weighted by Crippen LogP contribution is 2.32. The van der Waals surface area contributed by atoms with Gasteiger partial charge < -0.3 is 0 Å². The molecule has 23 heavy (non-hydrogen) atoms. The third-order valence-electron chi connectivity index (χ3n) is 4.53. The molecule has 1 aromatic rings. The molecule has 1 aliphatic rings. The lowest BCUT2D eigenvalue weighted by Gasteiger charge is -2.26. The smallest absolute Gasteiger partial charge is 0.230 e. The van der Waals surface area contributed by atoms with Crippen molar-refractivity contribution in [2.24, 2.45) is 11.8 Å². The molecule has 122 valence electrons. The number of benzene rings is 1. The van der Waals surface area contributed by atoms with Crippen LogP contribution < -0.4 is 0 Å². The van der Waals surface area contributed by atoms with Crippen LogP contribution in [0.4, 0.5) is 0 Å². The molecule has 3 heteroatoms. The Labute approximate surface area is 137 Å². The minimum absolute atomic E-state index is 0.166. The molecule has 0 radical (unpaired) electrons. The maximum absolute atomic E-state index is 12.7. The summed E-state index contributed by atoms with van der Waals surface area (Å²) in [5.74, 6) is -2.25. The number of rotatable bonds is 5. The molecule has 0 spiro atoms. The van der Waals surface area contributed by atoms with E-state index in [1.807, 2.05) is 19.9 Å². The van der Waals surface area contributed by atoms with E-state index in [0.29, 0.717) is 17.5 Å². The molecular weight excluding hydrogens is 288 g/mol. The van der Waals surface area contributed by atoms with Crippen molar-refractivity contribution in [2.75, 3.05) is 0 Å². The minimum Gasteiger partial charge on any atom is -0.293 e. The van der Waals surface area contributed by atoms with Gasteiger partial charge in [0.15, 0.2) is 5.78 Å². The molecule has 1 atom stereocenters. The van der Waals surface area contributed by atoms with E-state index in [4.69, 9.17) is 0 Å². The van der Waals surface area contributed by atoms with Crippen LogP contribution in [0.5, 0.6) is 0 Å². The highest BCUT2D eigenvalue weighted by molar-refractivity contribution is 6.52. The summed E-state index contributed by atoms with van der Waals surface area (Å²) < 4.78 is 0. The van der Waals surface area contributed by atoms with Crippen molar-refractivity contribution >= 4 is 17.3 Å². The average Bonchev–Trinajstić information content (AvgIpc) is 2.46. The Bertz CT molecular complexity index is 695. The van der Waals surface area contributed by atoms with Gasteiger partial charge in [0.2, 0.25) is 11.6 Å². The van der Waals surface area contributed by atoms with Crippen molar-refractivity contribution in [3.05, 3.63) is 46.5 Å². The van der Waals surface area contributed by atoms with Gasteiger partial charge in [0.05, 0.1) is 5.92 Å². The number of aryl methyl sites for hydroxylation is 1. The highest BCUT2D eigenvalue weighted by Gasteiger charge is 2.42. The van der Waals surface area contributed by atoms with E-state index >= 15 is 0 Å². The predicted molar refractivity (Wildman–Crippen MR) is 90.9 cm³/mol. The molecule has 1 aromatic carbocycles. The number of ketones is 3. The Kier molecular flexibility index (Phi) is 4.98.